The first-order valence-corrected chi connectivity index (χ1v) is 4.68. The zero-order valence-electron chi connectivity index (χ0n) is 7.74. The van der Waals surface area contributed by atoms with Crippen molar-refractivity contribution in [1.29, 1.82) is 0 Å². The van der Waals surface area contributed by atoms with Crippen LogP contribution in [-0.4, -0.2) is 29.0 Å². The number of carbonyl (C=O) groups excluding carboxylic acids is 1. The Kier molecular flexibility index (Phi) is 3.41. The lowest BCUT2D eigenvalue weighted by Crippen LogP contribution is -2.24. The summed E-state index contributed by atoms with van der Waals surface area (Å²) in [5, 5.41) is 18.6. The Hall–Kier alpha value is -1.63. The lowest BCUT2D eigenvalue weighted by atomic mass is 10.3. The molecule has 0 radical (unpaired) electrons. The van der Waals surface area contributed by atoms with Crippen molar-refractivity contribution in [2.45, 2.75) is 6.92 Å². The molecule has 14 heavy (non-hydrogen) atoms. The van der Waals surface area contributed by atoms with E-state index in [0.717, 1.165) is 0 Å². The van der Waals surface area contributed by atoms with Gasteiger partial charge in [-0.15, -0.1) is 11.3 Å². The third kappa shape index (κ3) is 2.43. The molecule has 0 aliphatic carbocycles. The molecule has 1 aromatic rings. The zero-order chi connectivity index (χ0) is 10.6. The van der Waals surface area contributed by atoms with Gasteiger partial charge in [0.1, 0.15) is 11.4 Å². The number of carbonyl (C=O) groups is 1. The Morgan fingerprint density at radius 3 is 3.00 bits per heavy atom. The summed E-state index contributed by atoms with van der Waals surface area (Å²) >= 11 is 1.26. The van der Waals surface area contributed by atoms with Crippen molar-refractivity contribution in [3.05, 3.63) is 11.1 Å². The van der Waals surface area contributed by atoms with Crippen molar-refractivity contribution < 1.29 is 10.0 Å². The van der Waals surface area contributed by atoms with Crippen LogP contribution in [0.25, 0.3) is 0 Å². The molecule has 0 aromatic carbocycles. The summed E-state index contributed by atoms with van der Waals surface area (Å²) in [6.07, 6.45) is 0. The second kappa shape index (κ2) is 4.56. The van der Waals surface area contributed by atoms with E-state index in [1.165, 1.54) is 18.4 Å². The highest BCUT2D eigenvalue weighted by atomic mass is 32.1. The van der Waals surface area contributed by atoms with Crippen LogP contribution < -0.4 is 10.6 Å². The number of rotatable bonds is 2. The Bertz CT molecular complexity index is 360. The number of urea groups is 1. The predicted molar refractivity (Wildman–Crippen MR) is 54.2 cm³/mol. The number of aromatic nitrogens is 1. The second-order valence-electron chi connectivity index (χ2n) is 2.43. The van der Waals surface area contributed by atoms with Crippen LogP contribution in [0.1, 0.15) is 12.6 Å². The minimum absolute atomic E-state index is 0.329. The van der Waals surface area contributed by atoms with Gasteiger partial charge in [0.2, 0.25) is 0 Å². The van der Waals surface area contributed by atoms with Crippen LogP contribution in [0.4, 0.5) is 9.93 Å². The molecule has 2 amide bonds. The third-order valence-electron chi connectivity index (χ3n) is 1.47. The van der Waals surface area contributed by atoms with Gasteiger partial charge in [-0.2, -0.15) is 0 Å². The van der Waals surface area contributed by atoms with E-state index in [1.54, 1.807) is 12.3 Å². The lowest BCUT2D eigenvalue weighted by molar-refractivity contribution is 0.254. The van der Waals surface area contributed by atoms with E-state index >= 15 is 0 Å². The van der Waals surface area contributed by atoms with Gasteiger partial charge in [-0.05, 0) is 6.92 Å². The number of nitrogens with one attached hydrogen (secondary N) is 2. The molecule has 0 bridgehead atoms. The van der Waals surface area contributed by atoms with Crippen molar-refractivity contribution >= 4 is 28.2 Å². The summed E-state index contributed by atoms with van der Waals surface area (Å²) in [6, 6.07) is -0.329. The fourth-order valence-corrected chi connectivity index (χ4v) is 1.46. The molecular weight excluding hydrogens is 204 g/mol. The Morgan fingerprint density at radius 1 is 1.71 bits per heavy atom. The molecule has 1 aromatic heterocycles. The van der Waals surface area contributed by atoms with Gasteiger partial charge in [-0.25, -0.2) is 9.78 Å². The van der Waals surface area contributed by atoms with Gasteiger partial charge in [-0.1, -0.05) is 5.16 Å². The van der Waals surface area contributed by atoms with Crippen molar-refractivity contribution in [2.75, 3.05) is 12.4 Å². The number of oxime groups is 1. The predicted octanol–water partition coefficient (Wildman–Crippen LogP) is 1.09. The average molecular weight is 214 g/mol. The standard InChI is InChI=1S/C7H10N4O2S/c1-4(11-13)5-3-14-7(9-5)10-6(12)8-2/h3,13H,1-2H3,(H2,8,9,10,12). The second-order valence-corrected chi connectivity index (χ2v) is 3.29. The maximum absolute atomic E-state index is 10.9. The van der Waals surface area contributed by atoms with Crippen molar-refractivity contribution in [1.82, 2.24) is 10.3 Å². The Balaban J connectivity index is 2.73. The largest absolute Gasteiger partial charge is 0.411 e. The molecule has 0 unspecified atom stereocenters. The SMILES string of the molecule is CNC(=O)Nc1nc(C(C)=NO)cs1. The topological polar surface area (TPSA) is 86.6 Å². The molecule has 76 valence electrons. The molecule has 0 fully saturated rings. The number of hydrogen-bond donors (Lipinski definition) is 3. The van der Waals surface area contributed by atoms with Gasteiger partial charge in [0.25, 0.3) is 0 Å². The minimum Gasteiger partial charge on any atom is -0.411 e. The number of amides is 2. The highest BCUT2D eigenvalue weighted by Crippen LogP contribution is 2.15. The van der Waals surface area contributed by atoms with Crippen LogP contribution in [0.15, 0.2) is 10.5 Å². The molecule has 0 spiro atoms. The average Bonchev–Trinajstić information content (AvgIpc) is 2.65. The highest BCUT2D eigenvalue weighted by molar-refractivity contribution is 7.14. The lowest BCUT2D eigenvalue weighted by Gasteiger charge is -1.97. The van der Waals surface area contributed by atoms with Crippen LogP contribution >= 0.6 is 11.3 Å². The first-order chi connectivity index (χ1) is 6.67. The van der Waals surface area contributed by atoms with Crippen molar-refractivity contribution in [3.63, 3.8) is 0 Å². The van der Waals surface area contributed by atoms with E-state index < -0.39 is 0 Å². The Morgan fingerprint density at radius 2 is 2.43 bits per heavy atom. The van der Waals surface area contributed by atoms with Gasteiger partial charge in [-0.3, -0.25) is 5.32 Å². The molecule has 7 heteroatoms. The van der Waals surface area contributed by atoms with Gasteiger partial charge in [0.15, 0.2) is 5.13 Å². The van der Waals surface area contributed by atoms with Gasteiger partial charge in [0, 0.05) is 12.4 Å². The summed E-state index contributed by atoms with van der Waals surface area (Å²) in [5.41, 5.74) is 0.954. The summed E-state index contributed by atoms with van der Waals surface area (Å²) in [4.78, 5) is 14.9. The fourth-order valence-electron chi connectivity index (χ4n) is 0.708. The number of anilines is 1. The van der Waals surface area contributed by atoms with Crippen LogP contribution in [-0.2, 0) is 0 Å². The molecule has 0 aliphatic heterocycles. The van der Waals surface area contributed by atoms with Crippen molar-refractivity contribution in [2.24, 2.45) is 5.16 Å². The summed E-state index contributed by atoms with van der Waals surface area (Å²) in [7, 11) is 1.52. The smallest absolute Gasteiger partial charge is 0.320 e. The molecule has 0 atom stereocenters. The van der Waals surface area contributed by atoms with Crippen LogP contribution in [0, 0.1) is 0 Å². The van der Waals surface area contributed by atoms with Crippen LogP contribution in [0.3, 0.4) is 0 Å². The van der Waals surface area contributed by atoms with Crippen LogP contribution in [0.2, 0.25) is 0 Å². The maximum Gasteiger partial charge on any atom is 0.320 e. The monoisotopic (exact) mass is 214 g/mol. The highest BCUT2D eigenvalue weighted by Gasteiger charge is 2.06. The molecule has 3 N–H and O–H groups in total. The molecule has 0 saturated heterocycles. The minimum atomic E-state index is -0.329. The van der Waals surface area contributed by atoms with E-state index in [9.17, 15) is 4.79 Å². The summed E-state index contributed by atoms with van der Waals surface area (Å²) in [6.45, 7) is 1.62. The zero-order valence-corrected chi connectivity index (χ0v) is 8.55. The van der Waals surface area contributed by atoms with E-state index in [2.05, 4.69) is 20.8 Å². The van der Waals surface area contributed by atoms with Gasteiger partial charge >= 0.3 is 6.03 Å². The van der Waals surface area contributed by atoms with E-state index in [4.69, 9.17) is 5.21 Å². The number of hydrogen-bond acceptors (Lipinski definition) is 5. The number of thiazole rings is 1. The summed E-state index contributed by atoms with van der Waals surface area (Å²) in [5.74, 6) is 0. The Labute approximate surface area is 84.7 Å². The first kappa shape index (κ1) is 10.5. The molecular formula is C7H10N4O2S. The van der Waals surface area contributed by atoms with E-state index in [0.29, 0.717) is 16.5 Å². The van der Waals surface area contributed by atoms with Crippen molar-refractivity contribution in [3.8, 4) is 0 Å². The first-order valence-electron chi connectivity index (χ1n) is 3.80. The van der Waals surface area contributed by atoms with Crippen LogP contribution in [0.5, 0.6) is 0 Å². The fraction of sp³-hybridized carbons (Fsp3) is 0.286. The maximum atomic E-state index is 10.9. The molecule has 6 nitrogen and oxygen atoms in total. The van der Waals surface area contributed by atoms with E-state index in [1.807, 2.05) is 0 Å². The molecule has 0 saturated carbocycles. The normalized spacial score (nSPS) is 11.1. The molecule has 0 aliphatic rings. The third-order valence-corrected chi connectivity index (χ3v) is 2.23. The summed E-state index contributed by atoms with van der Waals surface area (Å²) < 4.78 is 0. The quantitative estimate of drug-likeness (QED) is 0.391. The number of nitrogens with zero attached hydrogens (tertiary/aromatic N) is 2. The van der Waals surface area contributed by atoms with Gasteiger partial charge in [0.05, 0.1) is 0 Å². The molecule has 1 rings (SSSR count). The van der Waals surface area contributed by atoms with E-state index in [-0.39, 0.29) is 6.03 Å². The van der Waals surface area contributed by atoms with Gasteiger partial charge < -0.3 is 10.5 Å². The molecule has 1 heterocycles.